The van der Waals surface area contributed by atoms with Crippen molar-refractivity contribution in [3.63, 3.8) is 0 Å². The van der Waals surface area contributed by atoms with Gasteiger partial charge in [-0.3, -0.25) is 4.79 Å². The van der Waals surface area contributed by atoms with Crippen LogP contribution >= 0.6 is 0 Å². The first-order valence-electron chi connectivity index (χ1n) is 5.26. The molecule has 1 aromatic carbocycles. The summed E-state index contributed by atoms with van der Waals surface area (Å²) in [5, 5.41) is 9.75. The summed E-state index contributed by atoms with van der Waals surface area (Å²) < 4.78 is 0. The third-order valence-corrected chi connectivity index (χ3v) is 2.77. The van der Waals surface area contributed by atoms with Gasteiger partial charge in [0, 0.05) is 0 Å². The summed E-state index contributed by atoms with van der Waals surface area (Å²) >= 11 is 0. The van der Waals surface area contributed by atoms with E-state index in [4.69, 9.17) is 6.57 Å². The fourth-order valence-electron chi connectivity index (χ4n) is 1.60. The van der Waals surface area contributed by atoms with Crippen LogP contribution < -0.4 is 0 Å². The van der Waals surface area contributed by atoms with Gasteiger partial charge in [-0.15, -0.1) is 0 Å². The smallest absolute Gasteiger partial charge is 0.201 e. The summed E-state index contributed by atoms with van der Waals surface area (Å²) in [6, 6.07) is 3.28. The molecule has 0 aliphatic heterocycles. The molecule has 0 saturated carbocycles. The SMILES string of the molecule is [C-]#[N+]c1cc(C(C)CC)cc(O)c1C(C)=O. The summed E-state index contributed by atoms with van der Waals surface area (Å²) in [6.07, 6.45) is 0.927. The van der Waals surface area contributed by atoms with Crippen molar-refractivity contribution in [2.75, 3.05) is 0 Å². The van der Waals surface area contributed by atoms with Crippen molar-refractivity contribution >= 4 is 11.5 Å². The van der Waals surface area contributed by atoms with Crippen molar-refractivity contribution in [3.05, 3.63) is 34.7 Å². The molecule has 1 aromatic rings. The summed E-state index contributed by atoms with van der Waals surface area (Å²) in [6.45, 7) is 12.4. The molecule has 0 aliphatic rings. The highest BCUT2D eigenvalue weighted by atomic mass is 16.3. The van der Waals surface area contributed by atoms with Crippen LogP contribution in [-0.2, 0) is 0 Å². The lowest BCUT2D eigenvalue weighted by molar-refractivity contribution is 0.101. The number of benzene rings is 1. The third-order valence-electron chi connectivity index (χ3n) is 2.77. The monoisotopic (exact) mass is 217 g/mol. The van der Waals surface area contributed by atoms with Crippen molar-refractivity contribution in [3.8, 4) is 5.75 Å². The van der Waals surface area contributed by atoms with Gasteiger partial charge in [0.1, 0.15) is 5.75 Å². The Bertz CT molecular complexity index is 458. The first kappa shape index (κ1) is 12.3. The molecule has 3 heteroatoms. The lowest BCUT2D eigenvalue weighted by Crippen LogP contribution is -1.97. The summed E-state index contributed by atoms with van der Waals surface area (Å²) in [4.78, 5) is 14.6. The Balaban J connectivity index is 3.39. The van der Waals surface area contributed by atoms with E-state index < -0.39 is 0 Å². The molecular formula is C13H15NO2. The van der Waals surface area contributed by atoms with Gasteiger partial charge in [0.2, 0.25) is 5.69 Å². The first-order chi connectivity index (χ1) is 7.51. The average Bonchev–Trinajstić information content (AvgIpc) is 2.26. The second-order valence-corrected chi connectivity index (χ2v) is 3.91. The Kier molecular flexibility index (Phi) is 3.68. The molecule has 1 atom stereocenters. The molecule has 0 heterocycles. The highest BCUT2D eigenvalue weighted by Gasteiger charge is 2.16. The number of ketones is 1. The predicted octanol–water partition coefficient (Wildman–Crippen LogP) is 3.66. The van der Waals surface area contributed by atoms with Gasteiger partial charge in [-0.05, 0) is 25.3 Å². The quantitative estimate of drug-likeness (QED) is 0.620. The van der Waals surface area contributed by atoms with E-state index in [0.717, 1.165) is 12.0 Å². The molecule has 3 nitrogen and oxygen atoms in total. The Labute approximate surface area is 95.5 Å². The van der Waals surface area contributed by atoms with E-state index in [1.165, 1.54) is 6.92 Å². The maximum atomic E-state index is 11.3. The fourth-order valence-corrected chi connectivity index (χ4v) is 1.60. The Morgan fingerprint density at radius 1 is 1.56 bits per heavy atom. The molecule has 0 aromatic heterocycles. The molecule has 1 unspecified atom stereocenters. The topological polar surface area (TPSA) is 41.7 Å². The van der Waals surface area contributed by atoms with Gasteiger partial charge < -0.3 is 5.11 Å². The van der Waals surface area contributed by atoms with Crippen LogP contribution in [0.15, 0.2) is 12.1 Å². The van der Waals surface area contributed by atoms with E-state index in [2.05, 4.69) is 4.85 Å². The number of Topliss-reactive ketones (excluding diaryl/α,β-unsaturated/α-hetero) is 1. The van der Waals surface area contributed by atoms with Crippen LogP contribution in [0.4, 0.5) is 5.69 Å². The standard InChI is InChI=1S/C13H15NO2/c1-5-8(2)10-6-11(14-4)13(9(3)15)12(16)7-10/h6-8,16H,5H2,1-3H3. The average molecular weight is 217 g/mol. The molecule has 1 rings (SSSR count). The van der Waals surface area contributed by atoms with Gasteiger partial charge in [0.05, 0.1) is 12.1 Å². The summed E-state index contributed by atoms with van der Waals surface area (Å²) in [5.41, 5.74) is 1.26. The van der Waals surface area contributed by atoms with Crippen LogP contribution in [0, 0.1) is 6.57 Å². The third kappa shape index (κ3) is 2.22. The van der Waals surface area contributed by atoms with Gasteiger partial charge in [-0.25, -0.2) is 4.85 Å². The number of phenols is 1. The molecule has 1 N–H and O–H groups in total. The van der Waals surface area contributed by atoms with Crippen LogP contribution in [0.5, 0.6) is 5.75 Å². The number of phenolic OH excluding ortho intramolecular Hbond substituents is 1. The van der Waals surface area contributed by atoms with Crippen molar-refractivity contribution in [1.82, 2.24) is 0 Å². The minimum absolute atomic E-state index is 0.0868. The van der Waals surface area contributed by atoms with Crippen LogP contribution in [0.2, 0.25) is 0 Å². The van der Waals surface area contributed by atoms with Crippen molar-refractivity contribution in [2.45, 2.75) is 33.1 Å². The second kappa shape index (κ2) is 4.80. The van der Waals surface area contributed by atoms with E-state index >= 15 is 0 Å². The normalized spacial score (nSPS) is 11.9. The largest absolute Gasteiger partial charge is 0.509 e. The number of nitrogens with zero attached hydrogens (tertiary/aromatic N) is 1. The van der Waals surface area contributed by atoms with Gasteiger partial charge >= 0.3 is 0 Å². The van der Waals surface area contributed by atoms with Gasteiger partial charge in [0.15, 0.2) is 5.78 Å². The number of hydrogen-bond donors (Lipinski definition) is 1. The summed E-state index contributed by atoms with van der Waals surface area (Å²) in [7, 11) is 0. The Morgan fingerprint density at radius 3 is 2.62 bits per heavy atom. The number of aromatic hydroxyl groups is 1. The maximum absolute atomic E-state index is 11.3. The zero-order chi connectivity index (χ0) is 12.3. The first-order valence-corrected chi connectivity index (χ1v) is 5.26. The highest BCUT2D eigenvalue weighted by Crippen LogP contribution is 2.34. The molecule has 0 radical (unpaired) electrons. The van der Waals surface area contributed by atoms with Gasteiger partial charge in [-0.1, -0.05) is 25.5 Å². The number of carbonyl (C=O) groups excluding carboxylic acids is 1. The predicted molar refractivity (Wildman–Crippen MR) is 63.1 cm³/mol. The van der Waals surface area contributed by atoms with E-state index in [-0.39, 0.29) is 28.7 Å². The fraction of sp³-hybridized carbons (Fsp3) is 0.385. The van der Waals surface area contributed by atoms with Crippen LogP contribution in [-0.4, -0.2) is 10.9 Å². The lowest BCUT2D eigenvalue weighted by Gasteiger charge is -2.12. The van der Waals surface area contributed by atoms with Crippen molar-refractivity contribution in [2.24, 2.45) is 0 Å². The number of carbonyl (C=O) groups is 1. The zero-order valence-electron chi connectivity index (χ0n) is 9.74. The zero-order valence-corrected chi connectivity index (χ0v) is 9.74. The van der Waals surface area contributed by atoms with Crippen molar-refractivity contribution < 1.29 is 9.90 Å². The Hall–Kier alpha value is -1.82. The lowest BCUT2D eigenvalue weighted by atomic mass is 9.95. The van der Waals surface area contributed by atoms with Crippen LogP contribution in [0.1, 0.15) is 49.0 Å². The van der Waals surface area contributed by atoms with E-state index in [1.54, 1.807) is 12.1 Å². The molecule has 0 amide bonds. The van der Waals surface area contributed by atoms with E-state index in [9.17, 15) is 9.90 Å². The molecule has 84 valence electrons. The minimum atomic E-state index is -0.279. The summed E-state index contributed by atoms with van der Waals surface area (Å²) in [5.74, 6) is -0.0945. The molecule has 0 aliphatic carbocycles. The van der Waals surface area contributed by atoms with E-state index in [1.807, 2.05) is 13.8 Å². The second-order valence-electron chi connectivity index (χ2n) is 3.91. The molecular weight excluding hydrogens is 202 g/mol. The highest BCUT2D eigenvalue weighted by molar-refractivity contribution is 6.02. The van der Waals surface area contributed by atoms with E-state index in [0.29, 0.717) is 0 Å². The van der Waals surface area contributed by atoms with Gasteiger partial charge in [-0.2, -0.15) is 0 Å². The molecule has 0 saturated heterocycles. The maximum Gasteiger partial charge on any atom is 0.201 e. The van der Waals surface area contributed by atoms with Crippen molar-refractivity contribution in [1.29, 1.82) is 0 Å². The van der Waals surface area contributed by atoms with Gasteiger partial charge in [0.25, 0.3) is 0 Å². The Morgan fingerprint density at radius 2 is 2.19 bits per heavy atom. The molecule has 16 heavy (non-hydrogen) atoms. The van der Waals surface area contributed by atoms with Crippen LogP contribution in [0.25, 0.3) is 4.85 Å². The number of hydrogen-bond acceptors (Lipinski definition) is 2. The molecule has 0 spiro atoms. The molecule has 0 fully saturated rings. The number of rotatable bonds is 3. The minimum Gasteiger partial charge on any atom is -0.509 e. The van der Waals surface area contributed by atoms with Crippen LogP contribution in [0.3, 0.4) is 0 Å². The molecule has 0 bridgehead atoms.